The summed E-state index contributed by atoms with van der Waals surface area (Å²) in [5.41, 5.74) is 2.28. The second-order valence-electron chi connectivity index (χ2n) is 7.57. The Labute approximate surface area is 166 Å². The van der Waals surface area contributed by atoms with E-state index < -0.39 is 6.29 Å². The highest BCUT2D eigenvalue weighted by Crippen LogP contribution is 2.19. The van der Waals surface area contributed by atoms with Gasteiger partial charge >= 0.3 is 12.1 Å². The minimum absolute atomic E-state index is 0.0129. The number of imide groups is 1. The zero-order valence-electron chi connectivity index (χ0n) is 16.9. The maximum atomic E-state index is 12.6. The summed E-state index contributed by atoms with van der Waals surface area (Å²) >= 11 is 0. The standard InChI is InChI=1S/C20H31N5O3/c1-14-5-4-6-16(13-14)15(2)21-18-22-19(26)25(20(27)23-18)17-7-9-24(10-8-17)11-12-28-3/h4-6,13,15,17-18,21H,7-12H2,1-3H3,(H,22,26)(H,23,27)/t15-/m0/s1. The third-order valence-corrected chi connectivity index (χ3v) is 5.47. The third-order valence-electron chi connectivity index (χ3n) is 5.47. The zero-order valence-corrected chi connectivity index (χ0v) is 16.9. The van der Waals surface area contributed by atoms with Gasteiger partial charge in [0.05, 0.1) is 6.61 Å². The summed E-state index contributed by atoms with van der Waals surface area (Å²) in [4.78, 5) is 28.9. The molecule has 2 fully saturated rings. The number of urea groups is 2. The van der Waals surface area contributed by atoms with Gasteiger partial charge in [-0.15, -0.1) is 0 Å². The molecule has 28 heavy (non-hydrogen) atoms. The molecule has 8 heteroatoms. The van der Waals surface area contributed by atoms with Crippen LogP contribution >= 0.6 is 0 Å². The number of hydrogen-bond donors (Lipinski definition) is 3. The van der Waals surface area contributed by atoms with E-state index in [9.17, 15) is 9.59 Å². The fourth-order valence-corrected chi connectivity index (χ4v) is 3.84. The fraction of sp³-hybridized carbons (Fsp3) is 0.600. The average Bonchev–Trinajstić information content (AvgIpc) is 2.67. The van der Waals surface area contributed by atoms with Crippen LogP contribution in [0.5, 0.6) is 0 Å². The number of nitrogens with one attached hydrogen (secondary N) is 3. The minimum atomic E-state index is -0.589. The van der Waals surface area contributed by atoms with Gasteiger partial charge in [-0.1, -0.05) is 29.8 Å². The molecule has 3 N–H and O–H groups in total. The number of hydrogen-bond acceptors (Lipinski definition) is 5. The van der Waals surface area contributed by atoms with Crippen LogP contribution in [-0.2, 0) is 4.74 Å². The quantitative estimate of drug-likeness (QED) is 0.662. The highest BCUT2D eigenvalue weighted by Gasteiger charge is 2.38. The Morgan fingerprint density at radius 1 is 1.21 bits per heavy atom. The lowest BCUT2D eigenvalue weighted by molar-refractivity contribution is 0.0938. The van der Waals surface area contributed by atoms with Crippen molar-refractivity contribution in [3.05, 3.63) is 35.4 Å². The summed E-state index contributed by atoms with van der Waals surface area (Å²) in [6.07, 6.45) is 0.971. The molecule has 1 aromatic carbocycles. The van der Waals surface area contributed by atoms with Gasteiger partial charge < -0.3 is 20.3 Å². The number of carbonyl (C=O) groups excluding carboxylic acids is 2. The topological polar surface area (TPSA) is 85.9 Å². The first-order valence-corrected chi connectivity index (χ1v) is 9.92. The molecule has 154 valence electrons. The van der Waals surface area contributed by atoms with E-state index in [1.54, 1.807) is 7.11 Å². The van der Waals surface area contributed by atoms with Gasteiger partial charge in [-0.25, -0.2) is 14.5 Å². The molecule has 0 bridgehead atoms. The number of piperidine rings is 1. The van der Waals surface area contributed by atoms with E-state index in [4.69, 9.17) is 4.74 Å². The molecule has 1 aromatic rings. The summed E-state index contributed by atoms with van der Waals surface area (Å²) in [7, 11) is 1.69. The van der Waals surface area contributed by atoms with E-state index in [2.05, 4.69) is 26.9 Å². The summed E-state index contributed by atoms with van der Waals surface area (Å²) in [5, 5.41) is 8.99. The van der Waals surface area contributed by atoms with Crippen molar-refractivity contribution in [1.29, 1.82) is 0 Å². The SMILES string of the molecule is COCCN1CCC(N2C(=O)NC(N[C@@H](C)c3cccc(C)c3)NC2=O)CC1. The Morgan fingerprint density at radius 2 is 1.89 bits per heavy atom. The second-order valence-corrected chi connectivity index (χ2v) is 7.57. The smallest absolute Gasteiger partial charge is 0.328 e. The normalized spacial score (nSPS) is 20.8. The van der Waals surface area contributed by atoms with Gasteiger partial charge in [0, 0.05) is 38.8 Å². The molecule has 0 aromatic heterocycles. The fourth-order valence-electron chi connectivity index (χ4n) is 3.84. The molecule has 2 aliphatic rings. The predicted octanol–water partition coefficient (Wildman–Crippen LogP) is 1.77. The predicted molar refractivity (Wildman–Crippen MR) is 107 cm³/mol. The van der Waals surface area contributed by atoms with Crippen molar-refractivity contribution in [1.82, 2.24) is 25.8 Å². The molecule has 0 radical (unpaired) electrons. The van der Waals surface area contributed by atoms with E-state index in [0.717, 1.165) is 38.0 Å². The largest absolute Gasteiger partial charge is 0.383 e. The molecule has 0 saturated carbocycles. The van der Waals surface area contributed by atoms with Crippen LogP contribution in [0.3, 0.4) is 0 Å². The Hall–Kier alpha value is -2.16. The van der Waals surface area contributed by atoms with Gasteiger partial charge in [0.1, 0.15) is 0 Å². The summed E-state index contributed by atoms with van der Waals surface area (Å²) in [5.74, 6) is 0. The van der Waals surface area contributed by atoms with Crippen molar-refractivity contribution >= 4 is 12.1 Å². The molecule has 2 saturated heterocycles. The van der Waals surface area contributed by atoms with Crippen LogP contribution in [0.15, 0.2) is 24.3 Å². The average molecular weight is 390 g/mol. The lowest BCUT2D eigenvalue weighted by Gasteiger charge is -2.41. The maximum Gasteiger partial charge on any atom is 0.328 e. The highest BCUT2D eigenvalue weighted by molar-refractivity contribution is 5.96. The van der Waals surface area contributed by atoms with Crippen LogP contribution < -0.4 is 16.0 Å². The van der Waals surface area contributed by atoms with E-state index >= 15 is 0 Å². The molecular weight excluding hydrogens is 358 g/mol. The summed E-state index contributed by atoms with van der Waals surface area (Å²) in [6, 6.07) is 7.39. The number of rotatable bonds is 7. The molecular formula is C20H31N5O3. The molecule has 2 heterocycles. The Balaban J connectivity index is 1.53. The van der Waals surface area contributed by atoms with E-state index in [1.807, 2.05) is 32.0 Å². The van der Waals surface area contributed by atoms with Gasteiger partial charge in [-0.3, -0.25) is 5.32 Å². The highest BCUT2D eigenvalue weighted by atomic mass is 16.5. The first-order valence-electron chi connectivity index (χ1n) is 9.92. The molecule has 0 aliphatic carbocycles. The van der Waals surface area contributed by atoms with Crippen molar-refractivity contribution in [3.8, 4) is 0 Å². The minimum Gasteiger partial charge on any atom is -0.383 e. The van der Waals surface area contributed by atoms with Crippen molar-refractivity contribution in [2.75, 3.05) is 33.4 Å². The van der Waals surface area contributed by atoms with Crippen LogP contribution in [0, 0.1) is 6.92 Å². The lowest BCUT2D eigenvalue weighted by Crippen LogP contribution is -2.70. The van der Waals surface area contributed by atoms with Crippen molar-refractivity contribution in [2.24, 2.45) is 0 Å². The number of methoxy groups -OCH3 is 1. The zero-order chi connectivity index (χ0) is 20.1. The Morgan fingerprint density at radius 3 is 2.50 bits per heavy atom. The van der Waals surface area contributed by atoms with Crippen molar-refractivity contribution < 1.29 is 14.3 Å². The first-order chi connectivity index (χ1) is 13.5. The van der Waals surface area contributed by atoms with Gasteiger partial charge in [0.15, 0.2) is 6.29 Å². The monoisotopic (exact) mass is 389 g/mol. The number of nitrogens with zero attached hydrogens (tertiary/aromatic N) is 2. The maximum absolute atomic E-state index is 12.6. The Bertz CT molecular complexity index is 672. The number of benzene rings is 1. The van der Waals surface area contributed by atoms with E-state index in [-0.39, 0.29) is 24.1 Å². The Kier molecular flexibility index (Phi) is 6.88. The number of ether oxygens (including phenoxy) is 1. The van der Waals surface area contributed by atoms with Crippen LogP contribution in [-0.4, -0.2) is 67.5 Å². The first kappa shape index (κ1) is 20.6. The van der Waals surface area contributed by atoms with Crippen LogP contribution in [0.25, 0.3) is 0 Å². The van der Waals surface area contributed by atoms with Gasteiger partial charge in [0.2, 0.25) is 0 Å². The number of amides is 4. The van der Waals surface area contributed by atoms with Crippen LogP contribution in [0.1, 0.15) is 36.9 Å². The van der Waals surface area contributed by atoms with Crippen molar-refractivity contribution in [2.45, 2.75) is 45.1 Å². The van der Waals surface area contributed by atoms with Crippen LogP contribution in [0.4, 0.5) is 9.59 Å². The van der Waals surface area contributed by atoms with Gasteiger partial charge in [-0.2, -0.15) is 0 Å². The van der Waals surface area contributed by atoms with E-state index in [1.165, 1.54) is 10.5 Å². The van der Waals surface area contributed by atoms with E-state index in [0.29, 0.717) is 6.61 Å². The molecule has 0 spiro atoms. The molecule has 2 aliphatic heterocycles. The second kappa shape index (κ2) is 9.36. The number of carbonyl (C=O) groups is 2. The van der Waals surface area contributed by atoms with Gasteiger partial charge in [0.25, 0.3) is 0 Å². The third kappa shape index (κ3) is 5.01. The number of likely N-dealkylation sites (tertiary alicyclic amines) is 1. The summed E-state index contributed by atoms with van der Waals surface area (Å²) in [6.45, 7) is 7.34. The molecule has 0 unspecified atom stereocenters. The molecule has 8 nitrogen and oxygen atoms in total. The van der Waals surface area contributed by atoms with Gasteiger partial charge in [-0.05, 0) is 32.3 Å². The van der Waals surface area contributed by atoms with Crippen molar-refractivity contribution in [3.63, 3.8) is 0 Å². The molecule has 4 amide bonds. The summed E-state index contributed by atoms with van der Waals surface area (Å²) < 4.78 is 5.12. The molecule has 3 rings (SSSR count). The number of aryl methyl sites for hydroxylation is 1. The molecule has 1 atom stereocenters. The lowest BCUT2D eigenvalue weighted by atomic mass is 10.0. The van der Waals surface area contributed by atoms with Crippen LogP contribution in [0.2, 0.25) is 0 Å².